The first-order valence-electron chi connectivity index (χ1n) is 10.7. The zero-order valence-electron chi connectivity index (χ0n) is 18.1. The van der Waals surface area contributed by atoms with Gasteiger partial charge in [-0.05, 0) is 62.1 Å². The lowest BCUT2D eigenvalue weighted by Crippen LogP contribution is -2.31. The van der Waals surface area contributed by atoms with Gasteiger partial charge in [0.25, 0.3) is 5.91 Å². The molecule has 0 fully saturated rings. The molecular weight excluding hydrogens is 376 g/mol. The van der Waals surface area contributed by atoms with Crippen LogP contribution in [-0.4, -0.2) is 30.4 Å². The molecule has 30 heavy (non-hydrogen) atoms. The fourth-order valence-electron chi connectivity index (χ4n) is 3.46. The summed E-state index contributed by atoms with van der Waals surface area (Å²) in [5.41, 5.74) is 8.84. The second kappa shape index (κ2) is 12.6. The van der Waals surface area contributed by atoms with Crippen LogP contribution in [0.5, 0.6) is 0 Å². The molecule has 6 heteroatoms. The quantitative estimate of drug-likeness (QED) is 0.348. The highest BCUT2D eigenvalue weighted by molar-refractivity contribution is 5.94. The van der Waals surface area contributed by atoms with Gasteiger partial charge in [-0.2, -0.15) is 0 Å². The van der Waals surface area contributed by atoms with Gasteiger partial charge in [0.2, 0.25) is 6.41 Å². The van der Waals surface area contributed by atoms with E-state index in [9.17, 15) is 9.59 Å². The Balaban J connectivity index is 1.80. The Morgan fingerprint density at radius 1 is 1.13 bits per heavy atom. The van der Waals surface area contributed by atoms with Gasteiger partial charge < -0.3 is 16.4 Å². The molecule has 2 rings (SSSR count). The lowest BCUT2D eigenvalue weighted by molar-refractivity contribution is -0.109. The predicted octanol–water partition coefficient (Wildman–Crippen LogP) is 3.50. The monoisotopic (exact) mass is 410 g/mol. The number of anilines is 1. The number of nitrogens with one attached hydrogen (secondary N) is 2. The van der Waals surface area contributed by atoms with Crippen molar-refractivity contribution in [3.05, 3.63) is 59.3 Å². The summed E-state index contributed by atoms with van der Waals surface area (Å²) in [7, 11) is 0. The van der Waals surface area contributed by atoms with E-state index < -0.39 is 0 Å². The molecule has 1 aromatic carbocycles. The van der Waals surface area contributed by atoms with E-state index in [-0.39, 0.29) is 5.91 Å². The molecule has 0 aliphatic heterocycles. The molecule has 6 nitrogen and oxygen atoms in total. The number of pyridine rings is 1. The van der Waals surface area contributed by atoms with Gasteiger partial charge in [0.1, 0.15) is 5.82 Å². The van der Waals surface area contributed by atoms with Gasteiger partial charge in [-0.25, -0.2) is 4.98 Å². The Labute approximate surface area is 179 Å². The minimum atomic E-state index is -0.148. The van der Waals surface area contributed by atoms with Gasteiger partial charge in [0.05, 0.1) is 0 Å². The maximum Gasteiger partial charge on any atom is 0.251 e. The first-order valence-corrected chi connectivity index (χ1v) is 10.7. The second-order valence-corrected chi connectivity index (χ2v) is 8.11. The van der Waals surface area contributed by atoms with Gasteiger partial charge in [0, 0.05) is 24.8 Å². The lowest BCUT2D eigenvalue weighted by atomic mass is 9.90. The van der Waals surface area contributed by atoms with Crippen LogP contribution in [0, 0.1) is 18.8 Å². The van der Waals surface area contributed by atoms with Gasteiger partial charge in [-0.1, -0.05) is 43.2 Å². The number of nitrogens with two attached hydrogens (primary N) is 1. The van der Waals surface area contributed by atoms with Crippen molar-refractivity contribution in [2.75, 3.05) is 18.8 Å². The summed E-state index contributed by atoms with van der Waals surface area (Å²) >= 11 is 0. The molecule has 2 unspecified atom stereocenters. The molecule has 162 valence electrons. The molecule has 0 aliphatic carbocycles. The summed E-state index contributed by atoms with van der Waals surface area (Å²) in [6.45, 7) is 5.58. The smallest absolute Gasteiger partial charge is 0.251 e. The van der Waals surface area contributed by atoms with Crippen LogP contribution < -0.4 is 16.4 Å². The number of carbonyl (C=O) groups excluding carboxylic acids is 2. The molecule has 1 aromatic heterocycles. The lowest BCUT2D eigenvalue weighted by Gasteiger charge is -2.20. The SMILES string of the molecule is Cc1ccc(CCC(C)CCC(CCNC=O)CNC(=O)c2ccnc(N)c2)cc1. The van der Waals surface area contributed by atoms with E-state index in [0.29, 0.717) is 36.3 Å². The number of rotatable bonds is 13. The number of aromatic nitrogens is 1. The Kier molecular flexibility index (Phi) is 9.84. The van der Waals surface area contributed by atoms with E-state index in [1.165, 1.54) is 17.3 Å². The zero-order valence-corrected chi connectivity index (χ0v) is 18.1. The van der Waals surface area contributed by atoms with E-state index in [4.69, 9.17) is 5.73 Å². The first-order chi connectivity index (χ1) is 14.5. The number of hydrogen-bond donors (Lipinski definition) is 3. The molecule has 4 N–H and O–H groups in total. The third-order valence-corrected chi connectivity index (χ3v) is 5.49. The molecule has 0 aliphatic rings. The maximum atomic E-state index is 12.4. The molecule has 0 saturated heterocycles. The summed E-state index contributed by atoms with van der Waals surface area (Å²) in [4.78, 5) is 26.9. The fourth-order valence-corrected chi connectivity index (χ4v) is 3.46. The topological polar surface area (TPSA) is 97.1 Å². The van der Waals surface area contributed by atoms with Crippen molar-refractivity contribution >= 4 is 18.1 Å². The van der Waals surface area contributed by atoms with E-state index in [0.717, 1.165) is 38.5 Å². The normalized spacial score (nSPS) is 12.7. The highest BCUT2D eigenvalue weighted by Crippen LogP contribution is 2.20. The second-order valence-electron chi connectivity index (χ2n) is 8.11. The number of hydrogen-bond acceptors (Lipinski definition) is 4. The van der Waals surface area contributed by atoms with Crippen molar-refractivity contribution in [1.29, 1.82) is 0 Å². The summed E-state index contributed by atoms with van der Waals surface area (Å²) in [6.07, 6.45) is 7.42. The van der Waals surface area contributed by atoms with E-state index >= 15 is 0 Å². The van der Waals surface area contributed by atoms with E-state index in [1.807, 2.05) is 0 Å². The molecule has 0 spiro atoms. The molecule has 2 atom stereocenters. The molecule has 2 aromatic rings. The summed E-state index contributed by atoms with van der Waals surface area (Å²) in [5.74, 6) is 1.09. The maximum absolute atomic E-state index is 12.4. The average Bonchev–Trinajstić information content (AvgIpc) is 2.74. The third-order valence-electron chi connectivity index (χ3n) is 5.49. The van der Waals surface area contributed by atoms with Crippen LogP contribution in [0.15, 0.2) is 42.6 Å². The van der Waals surface area contributed by atoms with E-state index in [2.05, 4.69) is 53.7 Å². The largest absolute Gasteiger partial charge is 0.384 e. The number of benzene rings is 1. The molecule has 0 bridgehead atoms. The number of aryl methyl sites for hydroxylation is 2. The van der Waals surface area contributed by atoms with Gasteiger partial charge in [0.15, 0.2) is 0 Å². The van der Waals surface area contributed by atoms with Crippen LogP contribution in [-0.2, 0) is 11.2 Å². The van der Waals surface area contributed by atoms with Crippen molar-refractivity contribution in [1.82, 2.24) is 15.6 Å². The molecule has 0 radical (unpaired) electrons. The molecule has 0 saturated carbocycles. The van der Waals surface area contributed by atoms with Crippen LogP contribution in [0.25, 0.3) is 0 Å². The number of amides is 2. The predicted molar refractivity (Wildman–Crippen MR) is 121 cm³/mol. The highest BCUT2D eigenvalue weighted by Gasteiger charge is 2.14. The Hall–Kier alpha value is -2.89. The van der Waals surface area contributed by atoms with Crippen molar-refractivity contribution in [3.8, 4) is 0 Å². The standard InChI is InChI=1S/C24H34N4O2/c1-18-3-7-20(8-4-18)9-5-19(2)6-10-21(11-13-26-17-29)16-28-24(30)22-12-14-27-23(25)15-22/h3-4,7-8,12,14-15,17,19,21H,5-6,9-11,13,16H2,1-2H3,(H2,25,27)(H,26,29)(H,28,30). The number of carbonyl (C=O) groups is 2. The van der Waals surface area contributed by atoms with E-state index in [1.54, 1.807) is 12.1 Å². The van der Waals surface area contributed by atoms with Crippen molar-refractivity contribution in [2.24, 2.45) is 11.8 Å². The fraction of sp³-hybridized carbons (Fsp3) is 0.458. The van der Waals surface area contributed by atoms with Gasteiger partial charge in [-0.3, -0.25) is 9.59 Å². The number of nitrogen functional groups attached to an aromatic ring is 1. The van der Waals surface area contributed by atoms with Crippen molar-refractivity contribution in [2.45, 2.75) is 46.0 Å². The Morgan fingerprint density at radius 2 is 1.90 bits per heavy atom. The van der Waals surface area contributed by atoms with Crippen LogP contribution in [0.2, 0.25) is 0 Å². The molecule has 2 amide bonds. The average molecular weight is 411 g/mol. The van der Waals surface area contributed by atoms with Gasteiger partial charge in [-0.15, -0.1) is 0 Å². The van der Waals surface area contributed by atoms with Crippen LogP contribution in [0.3, 0.4) is 0 Å². The van der Waals surface area contributed by atoms with Gasteiger partial charge >= 0.3 is 0 Å². The zero-order chi connectivity index (χ0) is 21.8. The Morgan fingerprint density at radius 3 is 2.60 bits per heavy atom. The Bertz CT molecular complexity index is 792. The first kappa shape index (κ1) is 23.4. The summed E-state index contributed by atoms with van der Waals surface area (Å²) in [6, 6.07) is 12.0. The van der Waals surface area contributed by atoms with Crippen LogP contribution >= 0.6 is 0 Å². The third kappa shape index (κ3) is 8.64. The minimum Gasteiger partial charge on any atom is -0.384 e. The summed E-state index contributed by atoms with van der Waals surface area (Å²) in [5, 5.41) is 5.73. The van der Waals surface area contributed by atoms with Crippen molar-refractivity contribution in [3.63, 3.8) is 0 Å². The number of nitrogens with zero attached hydrogens (tertiary/aromatic N) is 1. The minimum absolute atomic E-state index is 0.148. The van der Waals surface area contributed by atoms with Crippen LogP contribution in [0.4, 0.5) is 5.82 Å². The van der Waals surface area contributed by atoms with Crippen molar-refractivity contribution < 1.29 is 9.59 Å². The van der Waals surface area contributed by atoms with Crippen LogP contribution in [0.1, 0.15) is 54.1 Å². The molecular formula is C24H34N4O2. The highest BCUT2D eigenvalue weighted by atomic mass is 16.1. The summed E-state index contributed by atoms with van der Waals surface area (Å²) < 4.78 is 0. The molecule has 1 heterocycles.